The van der Waals surface area contributed by atoms with Crippen molar-refractivity contribution in [2.45, 2.75) is 23.0 Å². The molecule has 1 aliphatic rings. The van der Waals surface area contributed by atoms with E-state index in [4.69, 9.17) is 11.6 Å². The maximum Gasteiger partial charge on any atom is 0.230 e. The minimum atomic E-state index is 0.224. The summed E-state index contributed by atoms with van der Waals surface area (Å²) in [4.78, 5) is 19.2. The van der Waals surface area contributed by atoms with E-state index in [2.05, 4.69) is 40.8 Å². The lowest BCUT2D eigenvalue weighted by molar-refractivity contribution is 0.825. The second kappa shape index (κ2) is 6.24. The van der Waals surface area contributed by atoms with Gasteiger partial charge in [0.25, 0.3) is 0 Å². The number of pyridine rings is 1. The van der Waals surface area contributed by atoms with E-state index in [1.807, 2.05) is 12.1 Å². The molecule has 0 saturated carbocycles. The quantitative estimate of drug-likeness (QED) is 0.822. The molecule has 1 fully saturated rings. The van der Waals surface area contributed by atoms with Crippen molar-refractivity contribution < 1.29 is 0 Å². The van der Waals surface area contributed by atoms with Crippen molar-refractivity contribution in [3.8, 4) is 0 Å². The molecule has 0 atom stereocenters. The first-order valence-electron chi connectivity index (χ1n) is 6.17. The van der Waals surface area contributed by atoms with Crippen LogP contribution in [0.4, 0.5) is 5.95 Å². The van der Waals surface area contributed by atoms with Crippen LogP contribution in [0.25, 0.3) is 0 Å². The van der Waals surface area contributed by atoms with Crippen molar-refractivity contribution in [2.75, 3.05) is 18.0 Å². The molecule has 5 nitrogen and oxygen atoms in total. The molecule has 0 radical (unpaired) electrons. The summed E-state index contributed by atoms with van der Waals surface area (Å²) >= 11 is 10.7. The highest BCUT2D eigenvalue weighted by atomic mass is 79.9. The minimum absolute atomic E-state index is 0.224. The predicted octanol–water partition coefficient (Wildman–Crippen LogP) is 3.43. The normalized spacial score (nSPS) is 14.8. The molecule has 0 aromatic carbocycles. The molecule has 0 N–H and O–H groups in total. The van der Waals surface area contributed by atoms with E-state index in [9.17, 15) is 0 Å². The first-order chi connectivity index (χ1) is 9.70. The molecule has 20 heavy (non-hydrogen) atoms. The van der Waals surface area contributed by atoms with Crippen molar-refractivity contribution in [1.29, 1.82) is 0 Å². The Hall–Kier alpha value is -0.920. The van der Waals surface area contributed by atoms with Gasteiger partial charge < -0.3 is 4.90 Å². The smallest absolute Gasteiger partial charge is 0.230 e. The van der Waals surface area contributed by atoms with E-state index in [0.717, 1.165) is 22.6 Å². The average molecular weight is 373 g/mol. The van der Waals surface area contributed by atoms with Gasteiger partial charge in [0.15, 0.2) is 5.16 Å². The van der Waals surface area contributed by atoms with Crippen molar-refractivity contribution in [3.05, 3.63) is 28.1 Å². The molecule has 1 aliphatic heterocycles. The fourth-order valence-corrected chi connectivity index (χ4v) is 3.07. The summed E-state index contributed by atoms with van der Waals surface area (Å²) in [6, 6.07) is 3.83. The van der Waals surface area contributed by atoms with Crippen molar-refractivity contribution in [1.82, 2.24) is 19.9 Å². The lowest BCUT2D eigenvalue weighted by Crippen LogP contribution is -2.21. The van der Waals surface area contributed by atoms with Crippen LogP contribution in [-0.2, 0) is 0 Å². The fraction of sp³-hybridized carbons (Fsp3) is 0.333. The summed E-state index contributed by atoms with van der Waals surface area (Å²) in [6.45, 7) is 1.95. The third kappa shape index (κ3) is 3.39. The second-order valence-electron chi connectivity index (χ2n) is 4.30. The molecule has 2 aromatic rings. The number of halogens is 2. The van der Waals surface area contributed by atoms with Gasteiger partial charge >= 0.3 is 0 Å². The number of rotatable bonds is 3. The number of hydrogen-bond acceptors (Lipinski definition) is 6. The van der Waals surface area contributed by atoms with E-state index < -0.39 is 0 Å². The van der Waals surface area contributed by atoms with Crippen LogP contribution in [0.1, 0.15) is 12.8 Å². The molecule has 8 heteroatoms. The standard InChI is InChI=1S/C12H11BrClN5S/c13-8-3-4-9(15-7-8)20-12-17-10(14)16-11(18-12)19-5-1-2-6-19/h3-4,7H,1-2,5-6H2. The molecular formula is C12H11BrClN5S. The number of hydrogen-bond donors (Lipinski definition) is 0. The first-order valence-corrected chi connectivity index (χ1v) is 8.15. The number of aromatic nitrogens is 4. The molecule has 104 valence electrons. The summed E-state index contributed by atoms with van der Waals surface area (Å²) in [6.07, 6.45) is 4.08. The van der Waals surface area contributed by atoms with Crippen LogP contribution < -0.4 is 4.90 Å². The van der Waals surface area contributed by atoms with Crippen molar-refractivity contribution in [2.24, 2.45) is 0 Å². The van der Waals surface area contributed by atoms with E-state index in [1.165, 1.54) is 24.6 Å². The molecule has 3 rings (SSSR count). The Morgan fingerprint density at radius 3 is 2.65 bits per heavy atom. The van der Waals surface area contributed by atoms with Crippen LogP contribution >= 0.6 is 39.3 Å². The summed E-state index contributed by atoms with van der Waals surface area (Å²) in [7, 11) is 0. The molecule has 3 heterocycles. The number of nitrogens with zero attached hydrogens (tertiary/aromatic N) is 5. The van der Waals surface area contributed by atoms with Crippen molar-refractivity contribution in [3.63, 3.8) is 0 Å². The summed E-state index contributed by atoms with van der Waals surface area (Å²) in [5, 5.41) is 1.62. The van der Waals surface area contributed by atoms with Gasteiger partial charge in [0, 0.05) is 23.8 Å². The summed E-state index contributed by atoms with van der Waals surface area (Å²) < 4.78 is 0.938. The minimum Gasteiger partial charge on any atom is -0.341 e. The van der Waals surface area contributed by atoms with Gasteiger partial charge in [-0.15, -0.1) is 0 Å². The van der Waals surface area contributed by atoms with Gasteiger partial charge in [0.05, 0.1) is 0 Å². The Morgan fingerprint density at radius 2 is 1.95 bits per heavy atom. The average Bonchev–Trinajstić information content (AvgIpc) is 2.95. The van der Waals surface area contributed by atoms with E-state index in [-0.39, 0.29) is 5.28 Å². The van der Waals surface area contributed by atoms with Gasteiger partial charge in [-0.2, -0.15) is 15.0 Å². The Balaban J connectivity index is 1.83. The van der Waals surface area contributed by atoms with Crippen LogP contribution in [0.15, 0.2) is 33.0 Å². The van der Waals surface area contributed by atoms with Crippen LogP contribution in [0.3, 0.4) is 0 Å². The third-order valence-corrected chi connectivity index (χ3v) is 4.31. The molecule has 0 bridgehead atoms. The Kier molecular flexibility index (Phi) is 4.38. The highest BCUT2D eigenvalue weighted by Gasteiger charge is 2.17. The monoisotopic (exact) mass is 371 g/mol. The predicted molar refractivity (Wildman–Crippen MR) is 82.3 cm³/mol. The molecule has 0 aliphatic carbocycles. The highest BCUT2D eigenvalue weighted by molar-refractivity contribution is 9.10. The maximum absolute atomic E-state index is 5.99. The fourth-order valence-electron chi connectivity index (χ4n) is 1.94. The molecule has 0 unspecified atom stereocenters. The Morgan fingerprint density at radius 1 is 1.15 bits per heavy atom. The topological polar surface area (TPSA) is 54.8 Å². The van der Waals surface area contributed by atoms with Crippen LogP contribution in [0.5, 0.6) is 0 Å². The molecule has 1 saturated heterocycles. The zero-order valence-corrected chi connectivity index (χ0v) is 13.6. The summed E-state index contributed by atoms with van der Waals surface area (Å²) in [5.74, 6) is 0.655. The van der Waals surface area contributed by atoms with E-state index in [1.54, 1.807) is 6.20 Å². The molecule has 0 spiro atoms. The lowest BCUT2D eigenvalue weighted by atomic mass is 10.4. The van der Waals surface area contributed by atoms with Crippen molar-refractivity contribution >= 4 is 45.2 Å². The molecule has 0 amide bonds. The zero-order valence-electron chi connectivity index (χ0n) is 10.5. The van der Waals surface area contributed by atoms with Crippen LogP contribution in [0, 0.1) is 0 Å². The lowest BCUT2D eigenvalue weighted by Gasteiger charge is -2.15. The molecule has 2 aromatic heterocycles. The summed E-state index contributed by atoms with van der Waals surface area (Å²) in [5.41, 5.74) is 0. The largest absolute Gasteiger partial charge is 0.341 e. The van der Waals surface area contributed by atoms with E-state index >= 15 is 0 Å². The SMILES string of the molecule is Clc1nc(Sc2ccc(Br)cn2)nc(N2CCCC2)n1. The van der Waals surface area contributed by atoms with Gasteiger partial charge in [-0.3, -0.25) is 0 Å². The van der Waals surface area contributed by atoms with Gasteiger partial charge in [-0.1, -0.05) is 0 Å². The van der Waals surface area contributed by atoms with Crippen LogP contribution in [-0.4, -0.2) is 33.0 Å². The first kappa shape index (κ1) is 14.0. The second-order valence-corrected chi connectivity index (χ2v) is 6.54. The van der Waals surface area contributed by atoms with Gasteiger partial charge in [0.2, 0.25) is 11.2 Å². The Labute approximate surface area is 134 Å². The van der Waals surface area contributed by atoms with Crippen LogP contribution in [0.2, 0.25) is 5.28 Å². The Bertz CT molecular complexity index is 603. The highest BCUT2D eigenvalue weighted by Crippen LogP contribution is 2.26. The molecular weight excluding hydrogens is 362 g/mol. The van der Waals surface area contributed by atoms with Gasteiger partial charge in [-0.25, -0.2) is 4.98 Å². The zero-order chi connectivity index (χ0) is 13.9. The van der Waals surface area contributed by atoms with E-state index in [0.29, 0.717) is 11.1 Å². The number of anilines is 1. The van der Waals surface area contributed by atoms with Gasteiger partial charge in [-0.05, 0) is 64.3 Å². The maximum atomic E-state index is 5.99. The third-order valence-electron chi connectivity index (χ3n) is 2.86. The van der Waals surface area contributed by atoms with Gasteiger partial charge in [0.1, 0.15) is 5.03 Å².